The van der Waals surface area contributed by atoms with Crippen molar-refractivity contribution < 1.29 is 22.7 Å². The summed E-state index contributed by atoms with van der Waals surface area (Å²) >= 11 is 5.82. The lowest BCUT2D eigenvalue weighted by molar-refractivity contribution is -0.140. The van der Waals surface area contributed by atoms with E-state index >= 15 is 0 Å². The molecule has 0 aromatic heterocycles. The number of fused-ring (bicyclic) bond motifs is 1. The minimum absolute atomic E-state index is 0.134. The Balaban J connectivity index is 1.94. The second-order valence-corrected chi connectivity index (χ2v) is 4.68. The molecule has 1 N–H and O–H groups in total. The van der Waals surface area contributed by atoms with Crippen LogP contribution in [-0.2, 0) is 16.1 Å². The summed E-state index contributed by atoms with van der Waals surface area (Å²) in [5.41, 5.74) is 1.66. The van der Waals surface area contributed by atoms with E-state index in [2.05, 4.69) is 0 Å². The number of rotatable bonds is 3. The maximum Gasteiger partial charge on any atom is 0.405 e. The van der Waals surface area contributed by atoms with Crippen LogP contribution in [0.15, 0.2) is 18.2 Å². The first kappa shape index (κ1) is 14.1. The van der Waals surface area contributed by atoms with Crippen molar-refractivity contribution in [1.29, 1.82) is 0 Å². The number of hydrogen-bond acceptors (Lipinski definition) is 2. The molecule has 0 saturated heterocycles. The van der Waals surface area contributed by atoms with Gasteiger partial charge in [-0.1, -0.05) is 17.7 Å². The van der Waals surface area contributed by atoms with Crippen molar-refractivity contribution in [2.24, 2.45) is 0 Å². The average Bonchev–Trinajstić information content (AvgIpc) is 2.68. The summed E-state index contributed by atoms with van der Waals surface area (Å²) in [6.45, 7) is -1.01. The van der Waals surface area contributed by atoms with E-state index < -0.39 is 24.7 Å². The summed E-state index contributed by atoms with van der Waals surface area (Å²) in [5.74, 6) is -0.690. The average molecular weight is 294 g/mol. The van der Waals surface area contributed by atoms with Gasteiger partial charge in [0.25, 0.3) is 0 Å². The van der Waals surface area contributed by atoms with Crippen molar-refractivity contribution in [3.8, 4) is 0 Å². The van der Waals surface area contributed by atoms with E-state index in [0.717, 1.165) is 11.1 Å². The first-order valence-corrected chi connectivity index (χ1v) is 5.96. The lowest BCUT2D eigenvalue weighted by Gasteiger charge is -2.12. The molecule has 1 aromatic carbocycles. The summed E-state index contributed by atoms with van der Waals surface area (Å²) in [6.07, 6.45) is -5.05. The second-order valence-electron chi connectivity index (χ2n) is 4.24. The standard InChI is InChI=1S/C12H11ClF3NO2/c13-8-1-2-9-7(3-8)5-19-10(9)4-11(18)17-6-12(14,15)16/h1-3,10H,4-6H2,(H,17,18). The maximum atomic E-state index is 12.0. The predicted octanol–water partition coefficient (Wildman–Crippen LogP) is 2.98. The van der Waals surface area contributed by atoms with Crippen LogP contribution in [0.3, 0.4) is 0 Å². The number of alkyl halides is 3. The van der Waals surface area contributed by atoms with Crippen molar-refractivity contribution in [3.63, 3.8) is 0 Å². The van der Waals surface area contributed by atoms with Crippen LogP contribution in [0.5, 0.6) is 0 Å². The fourth-order valence-electron chi connectivity index (χ4n) is 1.90. The SMILES string of the molecule is O=C(CC1OCc2cc(Cl)ccc21)NCC(F)(F)F. The van der Waals surface area contributed by atoms with Crippen molar-refractivity contribution in [3.05, 3.63) is 34.3 Å². The molecule has 0 saturated carbocycles. The molecule has 0 fully saturated rings. The van der Waals surface area contributed by atoms with Crippen LogP contribution in [-0.4, -0.2) is 18.6 Å². The molecule has 1 aliphatic rings. The van der Waals surface area contributed by atoms with Crippen molar-refractivity contribution in [2.75, 3.05) is 6.54 Å². The van der Waals surface area contributed by atoms with Gasteiger partial charge in [0.1, 0.15) is 6.54 Å². The van der Waals surface area contributed by atoms with Gasteiger partial charge < -0.3 is 10.1 Å². The van der Waals surface area contributed by atoms with Gasteiger partial charge in [-0.15, -0.1) is 0 Å². The van der Waals surface area contributed by atoms with Gasteiger partial charge in [0.2, 0.25) is 5.91 Å². The number of amides is 1. The quantitative estimate of drug-likeness (QED) is 0.930. The van der Waals surface area contributed by atoms with Crippen LogP contribution in [0.1, 0.15) is 23.7 Å². The Morgan fingerprint density at radius 1 is 1.47 bits per heavy atom. The molecule has 0 bridgehead atoms. The van der Waals surface area contributed by atoms with Gasteiger partial charge in [-0.05, 0) is 23.3 Å². The van der Waals surface area contributed by atoms with Crippen LogP contribution in [0.2, 0.25) is 5.02 Å². The van der Waals surface area contributed by atoms with Gasteiger partial charge >= 0.3 is 6.18 Å². The molecule has 1 amide bonds. The third-order valence-corrected chi connectivity index (χ3v) is 2.98. The topological polar surface area (TPSA) is 38.3 Å². The Kier molecular flexibility index (Phi) is 4.01. The molecule has 7 heteroatoms. The molecule has 19 heavy (non-hydrogen) atoms. The Labute approximate surface area is 112 Å². The molecule has 2 rings (SSSR count). The van der Waals surface area contributed by atoms with E-state index in [1.807, 2.05) is 5.32 Å². The molecule has 1 unspecified atom stereocenters. The third-order valence-electron chi connectivity index (χ3n) is 2.75. The molecular formula is C12H11ClF3NO2. The highest BCUT2D eigenvalue weighted by Crippen LogP contribution is 2.34. The monoisotopic (exact) mass is 293 g/mol. The zero-order chi connectivity index (χ0) is 14.0. The highest BCUT2D eigenvalue weighted by molar-refractivity contribution is 6.30. The summed E-state index contributed by atoms with van der Waals surface area (Å²) in [7, 11) is 0. The summed E-state index contributed by atoms with van der Waals surface area (Å²) < 4.78 is 41.2. The molecule has 0 aliphatic carbocycles. The fraction of sp³-hybridized carbons (Fsp3) is 0.417. The van der Waals surface area contributed by atoms with E-state index in [4.69, 9.17) is 16.3 Å². The second kappa shape index (κ2) is 5.38. The van der Waals surface area contributed by atoms with Gasteiger partial charge in [-0.25, -0.2) is 0 Å². The van der Waals surface area contributed by atoms with Crippen LogP contribution in [0, 0.1) is 0 Å². The molecule has 1 atom stereocenters. The van der Waals surface area contributed by atoms with Gasteiger partial charge in [-0.3, -0.25) is 4.79 Å². The Hall–Kier alpha value is -1.27. The zero-order valence-corrected chi connectivity index (χ0v) is 10.5. The molecule has 0 spiro atoms. The predicted molar refractivity (Wildman–Crippen MR) is 62.7 cm³/mol. The molecular weight excluding hydrogens is 283 g/mol. The Morgan fingerprint density at radius 2 is 2.21 bits per heavy atom. The first-order chi connectivity index (χ1) is 8.85. The van der Waals surface area contributed by atoms with Crippen molar-refractivity contribution in [1.82, 2.24) is 5.32 Å². The van der Waals surface area contributed by atoms with Crippen LogP contribution >= 0.6 is 11.6 Å². The molecule has 0 radical (unpaired) electrons. The lowest BCUT2D eigenvalue weighted by atomic mass is 10.0. The number of benzene rings is 1. The first-order valence-electron chi connectivity index (χ1n) is 5.58. The number of nitrogens with one attached hydrogen (secondary N) is 1. The van der Waals surface area contributed by atoms with Gasteiger partial charge in [0.05, 0.1) is 19.1 Å². The highest BCUT2D eigenvalue weighted by Gasteiger charge is 2.30. The minimum atomic E-state index is -4.41. The Morgan fingerprint density at radius 3 is 2.89 bits per heavy atom. The molecule has 1 heterocycles. The number of carbonyl (C=O) groups excluding carboxylic acids is 1. The molecule has 1 aromatic rings. The van der Waals surface area contributed by atoms with Crippen molar-refractivity contribution >= 4 is 17.5 Å². The van der Waals surface area contributed by atoms with Crippen LogP contribution in [0.4, 0.5) is 13.2 Å². The third kappa shape index (κ3) is 3.84. The zero-order valence-electron chi connectivity index (χ0n) is 9.76. The van der Waals surface area contributed by atoms with E-state index in [9.17, 15) is 18.0 Å². The highest BCUT2D eigenvalue weighted by atomic mass is 35.5. The molecule has 3 nitrogen and oxygen atoms in total. The van der Waals surface area contributed by atoms with E-state index in [-0.39, 0.29) is 6.42 Å². The molecule has 104 valence electrons. The van der Waals surface area contributed by atoms with Gasteiger partial charge in [0.15, 0.2) is 0 Å². The summed E-state index contributed by atoms with van der Waals surface area (Å²) in [4.78, 5) is 11.4. The van der Waals surface area contributed by atoms with Crippen LogP contribution in [0.25, 0.3) is 0 Å². The van der Waals surface area contributed by atoms with Crippen LogP contribution < -0.4 is 5.32 Å². The minimum Gasteiger partial charge on any atom is -0.368 e. The fourth-order valence-corrected chi connectivity index (χ4v) is 2.10. The van der Waals surface area contributed by atoms with E-state index in [1.54, 1.807) is 18.2 Å². The number of ether oxygens (including phenoxy) is 1. The summed E-state index contributed by atoms with van der Waals surface area (Å²) in [5, 5.41) is 2.38. The largest absolute Gasteiger partial charge is 0.405 e. The number of carbonyl (C=O) groups is 1. The smallest absolute Gasteiger partial charge is 0.368 e. The van der Waals surface area contributed by atoms with E-state index in [1.165, 1.54) is 0 Å². The number of hydrogen-bond donors (Lipinski definition) is 1. The lowest BCUT2D eigenvalue weighted by Crippen LogP contribution is -2.34. The summed E-state index contributed by atoms with van der Waals surface area (Å²) in [6, 6.07) is 5.12. The van der Waals surface area contributed by atoms with Crippen molar-refractivity contribution in [2.45, 2.75) is 25.3 Å². The van der Waals surface area contributed by atoms with Gasteiger partial charge in [0, 0.05) is 5.02 Å². The molecule has 1 aliphatic heterocycles. The van der Waals surface area contributed by atoms with Gasteiger partial charge in [-0.2, -0.15) is 13.2 Å². The van der Waals surface area contributed by atoms with E-state index in [0.29, 0.717) is 11.6 Å². The Bertz CT molecular complexity index is 490. The normalized spacial score (nSPS) is 18.2. The maximum absolute atomic E-state index is 12.0. The number of halogens is 4.